The Kier molecular flexibility index (Phi) is 4.23. The van der Waals surface area contributed by atoms with Gasteiger partial charge in [0.2, 0.25) is 0 Å². The minimum atomic E-state index is -0.0864. The van der Waals surface area contributed by atoms with Gasteiger partial charge in [-0.05, 0) is 25.7 Å². The van der Waals surface area contributed by atoms with Crippen molar-refractivity contribution < 1.29 is 4.79 Å². The first-order chi connectivity index (χ1) is 9.83. The predicted molar refractivity (Wildman–Crippen MR) is 78.8 cm³/mol. The van der Waals surface area contributed by atoms with Crippen molar-refractivity contribution in [3.05, 3.63) is 12.3 Å². The zero-order valence-corrected chi connectivity index (χ0v) is 12.0. The van der Waals surface area contributed by atoms with E-state index in [2.05, 4.69) is 15.7 Å². The number of hydrogen-bond acceptors (Lipinski definition) is 2. The Bertz CT molecular complexity index is 444. The molecule has 1 aromatic rings. The maximum Gasteiger partial charge on any atom is 0.320 e. The van der Waals surface area contributed by atoms with Crippen molar-refractivity contribution in [2.45, 2.75) is 69.9 Å². The molecule has 2 aliphatic carbocycles. The molecule has 110 valence electrons. The van der Waals surface area contributed by atoms with Crippen LogP contribution in [-0.2, 0) is 0 Å². The second-order valence-corrected chi connectivity index (χ2v) is 6.03. The highest BCUT2D eigenvalue weighted by atomic mass is 16.2. The highest BCUT2D eigenvalue weighted by Gasteiger charge is 2.21. The number of carbonyl (C=O) groups excluding carboxylic acids is 1. The van der Waals surface area contributed by atoms with Gasteiger partial charge in [-0.3, -0.25) is 5.32 Å². The average Bonchev–Trinajstić information content (AvgIpc) is 3.10. The number of amides is 2. The van der Waals surface area contributed by atoms with Crippen molar-refractivity contribution in [1.29, 1.82) is 0 Å². The third-order valence-electron chi connectivity index (χ3n) is 4.52. The lowest BCUT2D eigenvalue weighted by molar-refractivity contribution is 0.244. The van der Waals surface area contributed by atoms with E-state index in [0.29, 0.717) is 12.1 Å². The van der Waals surface area contributed by atoms with Crippen LogP contribution in [0.25, 0.3) is 0 Å². The van der Waals surface area contributed by atoms with E-state index in [4.69, 9.17) is 0 Å². The summed E-state index contributed by atoms with van der Waals surface area (Å²) in [5.41, 5.74) is 0. The summed E-state index contributed by atoms with van der Waals surface area (Å²) in [5.74, 6) is 0.824. The van der Waals surface area contributed by atoms with Gasteiger partial charge in [0, 0.05) is 12.1 Å². The molecular formula is C15H24N4O. The molecule has 0 unspecified atom stereocenters. The van der Waals surface area contributed by atoms with Crippen molar-refractivity contribution in [1.82, 2.24) is 15.1 Å². The molecular weight excluding hydrogens is 252 g/mol. The highest BCUT2D eigenvalue weighted by molar-refractivity contribution is 5.88. The van der Waals surface area contributed by atoms with Crippen molar-refractivity contribution >= 4 is 11.8 Å². The lowest BCUT2D eigenvalue weighted by Gasteiger charge is -2.23. The first kappa shape index (κ1) is 13.5. The Morgan fingerprint density at radius 1 is 1.10 bits per heavy atom. The lowest BCUT2D eigenvalue weighted by atomic mass is 9.96. The van der Waals surface area contributed by atoms with Crippen LogP contribution in [0, 0.1) is 0 Å². The van der Waals surface area contributed by atoms with Crippen LogP contribution in [-0.4, -0.2) is 21.9 Å². The summed E-state index contributed by atoms with van der Waals surface area (Å²) in [5, 5.41) is 10.4. The Morgan fingerprint density at radius 2 is 1.80 bits per heavy atom. The zero-order chi connectivity index (χ0) is 13.8. The molecule has 3 rings (SSSR count). The topological polar surface area (TPSA) is 59.0 Å². The summed E-state index contributed by atoms with van der Waals surface area (Å²) in [4.78, 5) is 12.1. The molecule has 2 saturated carbocycles. The third-order valence-corrected chi connectivity index (χ3v) is 4.52. The van der Waals surface area contributed by atoms with Gasteiger partial charge in [0.25, 0.3) is 0 Å². The van der Waals surface area contributed by atoms with Gasteiger partial charge in [0.1, 0.15) is 5.82 Å². The monoisotopic (exact) mass is 276 g/mol. The number of anilines is 1. The van der Waals surface area contributed by atoms with Crippen LogP contribution in [0.3, 0.4) is 0 Å². The fourth-order valence-electron chi connectivity index (χ4n) is 3.44. The van der Waals surface area contributed by atoms with Crippen molar-refractivity contribution in [2.75, 3.05) is 5.32 Å². The summed E-state index contributed by atoms with van der Waals surface area (Å²) >= 11 is 0. The number of carbonyl (C=O) groups is 1. The molecule has 20 heavy (non-hydrogen) atoms. The van der Waals surface area contributed by atoms with Gasteiger partial charge in [-0.15, -0.1) is 0 Å². The number of nitrogens with zero attached hydrogens (tertiary/aromatic N) is 2. The molecule has 2 aliphatic rings. The molecule has 0 spiro atoms. The van der Waals surface area contributed by atoms with E-state index < -0.39 is 0 Å². The molecule has 5 heteroatoms. The predicted octanol–water partition coefficient (Wildman–Crippen LogP) is 3.45. The van der Waals surface area contributed by atoms with Crippen LogP contribution in [0.5, 0.6) is 0 Å². The van der Waals surface area contributed by atoms with Crippen LogP contribution in [0.15, 0.2) is 12.3 Å². The maximum atomic E-state index is 12.1. The van der Waals surface area contributed by atoms with Crippen LogP contribution < -0.4 is 10.6 Å². The summed E-state index contributed by atoms with van der Waals surface area (Å²) < 4.78 is 1.98. The van der Waals surface area contributed by atoms with Gasteiger partial charge < -0.3 is 5.32 Å². The van der Waals surface area contributed by atoms with E-state index in [1.807, 2.05) is 10.7 Å². The number of rotatable bonds is 3. The largest absolute Gasteiger partial charge is 0.335 e. The summed E-state index contributed by atoms with van der Waals surface area (Å²) in [7, 11) is 0. The molecule has 0 atom stereocenters. The van der Waals surface area contributed by atoms with Crippen molar-refractivity contribution in [3.8, 4) is 0 Å². The van der Waals surface area contributed by atoms with E-state index in [9.17, 15) is 4.79 Å². The van der Waals surface area contributed by atoms with Gasteiger partial charge >= 0.3 is 6.03 Å². The molecule has 0 aromatic carbocycles. The summed E-state index contributed by atoms with van der Waals surface area (Å²) in [6.07, 6.45) is 12.6. The Labute approximate surface area is 120 Å². The normalized spacial score (nSPS) is 21.0. The fourth-order valence-corrected chi connectivity index (χ4v) is 3.44. The SMILES string of the molecule is O=C(Nc1ccnn1C1CCCC1)NC1CCCCC1. The smallest absolute Gasteiger partial charge is 0.320 e. The van der Waals surface area contributed by atoms with Crippen LogP contribution >= 0.6 is 0 Å². The maximum absolute atomic E-state index is 12.1. The number of hydrogen-bond donors (Lipinski definition) is 2. The highest BCUT2D eigenvalue weighted by Crippen LogP contribution is 2.31. The number of urea groups is 1. The van der Waals surface area contributed by atoms with E-state index in [1.165, 1.54) is 44.9 Å². The van der Waals surface area contributed by atoms with Crippen LogP contribution in [0.1, 0.15) is 63.8 Å². The molecule has 0 aliphatic heterocycles. The Hall–Kier alpha value is -1.52. The van der Waals surface area contributed by atoms with Crippen LogP contribution in [0.2, 0.25) is 0 Å². The summed E-state index contributed by atoms with van der Waals surface area (Å²) in [6, 6.07) is 2.59. The van der Waals surface area contributed by atoms with Crippen molar-refractivity contribution in [2.24, 2.45) is 0 Å². The summed E-state index contributed by atoms with van der Waals surface area (Å²) in [6.45, 7) is 0. The molecule has 0 radical (unpaired) electrons. The molecule has 5 nitrogen and oxygen atoms in total. The Balaban J connectivity index is 1.56. The van der Waals surface area contributed by atoms with Gasteiger partial charge in [0.15, 0.2) is 0 Å². The zero-order valence-electron chi connectivity index (χ0n) is 12.0. The quantitative estimate of drug-likeness (QED) is 0.888. The van der Waals surface area contributed by atoms with Crippen LogP contribution in [0.4, 0.5) is 10.6 Å². The molecule has 2 fully saturated rings. The number of nitrogens with one attached hydrogen (secondary N) is 2. The molecule has 0 bridgehead atoms. The molecule has 1 aromatic heterocycles. The molecule has 0 saturated heterocycles. The van der Waals surface area contributed by atoms with Gasteiger partial charge in [0.05, 0.1) is 12.2 Å². The second kappa shape index (κ2) is 6.29. The van der Waals surface area contributed by atoms with Gasteiger partial charge in [-0.25, -0.2) is 9.48 Å². The van der Waals surface area contributed by atoms with Crippen molar-refractivity contribution in [3.63, 3.8) is 0 Å². The lowest BCUT2D eigenvalue weighted by Crippen LogP contribution is -2.39. The Morgan fingerprint density at radius 3 is 2.55 bits per heavy atom. The first-order valence-corrected chi connectivity index (χ1v) is 7.94. The number of aromatic nitrogens is 2. The molecule has 1 heterocycles. The van der Waals surface area contributed by atoms with E-state index in [0.717, 1.165) is 18.7 Å². The standard InChI is InChI=1S/C15H24N4O/c20-15(17-12-6-2-1-3-7-12)18-14-10-11-16-19(14)13-8-4-5-9-13/h10-13H,1-9H2,(H2,17,18,20). The third kappa shape index (κ3) is 3.14. The minimum absolute atomic E-state index is 0.0864. The van der Waals surface area contributed by atoms with Gasteiger partial charge in [-0.2, -0.15) is 5.10 Å². The molecule has 2 amide bonds. The first-order valence-electron chi connectivity index (χ1n) is 7.94. The van der Waals surface area contributed by atoms with Gasteiger partial charge in [-0.1, -0.05) is 32.1 Å². The van der Waals surface area contributed by atoms with E-state index in [-0.39, 0.29) is 6.03 Å². The second-order valence-electron chi connectivity index (χ2n) is 6.03. The molecule has 2 N–H and O–H groups in total. The fraction of sp³-hybridized carbons (Fsp3) is 0.733. The average molecular weight is 276 g/mol. The van der Waals surface area contributed by atoms with E-state index >= 15 is 0 Å². The minimum Gasteiger partial charge on any atom is -0.335 e. The van der Waals surface area contributed by atoms with E-state index in [1.54, 1.807) is 6.20 Å².